The zero-order chi connectivity index (χ0) is 11.4. The molecular formula is C8H18N2O3S. The van der Waals surface area contributed by atoms with Gasteiger partial charge in [0.2, 0.25) is 5.91 Å². The fraction of sp³-hybridized carbons (Fsp3) is 0.875. The van der Waals surface area contributed by atoms with Crippen molar-refractivity contribution in [3.8, 4) is 0 Å². The maximum atomic E-state index is 11.3. The van der Waals surface area contributed by atoms with Crippen molar-refractivity contribution in [2.45, 2.75) is 25.1 Å². The average molecular weight is 222 g/mol. The SMILES string of the molecule is CNC(C)CNC(=O)C(C)S(C)(=O)=O. The number of amides is 1. The van der Waals surface area contributed by atoms with Crippen molar-refractivity contribution in [1.29, 1.82) is 0 Å². The van der Waals surface area contributed by atoms with Crippen LogP contribution in [0, 0.1) is 0 Å². The Morgan fingerprint density at radius 3 is 2.21 bits per heavy atom. The van der Waals surface area contributed by atoms with E-state index in [9.17, 15) is 13.2 Å². The van der Waals surface area contributed by atoms with Crippen LogP contribution in [0.3, 0.4) is 0 Å². The summed E-state index contributed by atoms with van der Waals surface area (Å²) >= 11 is 0. The molecule has 84 valence electrons. The highest BCUT2D eigenvalue weighted by Crippen LogP contribution is 1.97. The zero-order valence-corrected chi connectivity index (χ0v) is 9.81. The molecule has 0 aromatic rings. The van der Waals surface area contributed by atoms with Gasteiger partial charge in [-0.05, 0) is 20.9 Å². The van der Waals surface area contributed by atoms with Crippen LogP contribution < -0.4 is 10.6 Å². The Bertz CT molecular complexity index is 287. The number of carbonyl (C=O) groups excluding carboxylic acids is 1. The maximum Gasteiger partial charge on any atom is 0.238 e. The van der Waals surface area contributed by atoms with Crippen LogP contribution in [0.5, 0.6) is 0 Å². The van der Waals surface area contributed by atoms with Gasteiger partial charge in [0.1, 0.15) is 5.25 Å². The average Bonchev–Trinajstić information content (AvgIpc) is 2.10. The van der Waals surface area contributed by atoms with E-state index in [-0.39, 0.29) is 6.04 Å². The fourth-order valence-electron chi connectivity index (χ4n) is 0.694. The summed E-state index contributed by atoms with van der Waals surface area (Å²) in [6.07, 6.45) is 1.05. The topological polar surface area (TPSA) is 75.3 Å². The highest BCUT2D eigenvalue weighted by Gasteiger charge is 2.23. The molecule has 5 nitrogen and oxygen atoms in total. The van der Waals surface area contributed by atoms with Gasteiger partial charge in [-0.1, -0.05) is 0 Å². The van der Waals surface area contributed by atoms with Crippen molar-refractivity contribution in [2.24, 2.45) is 0 Å². The Morgan fingerprint density at radius 2 is 1.86 bits per heavy atom. The van der Waals surface area contributed by atoms with Gasteiger partial charge in [-0.2, -0.15) is 0 Å². The van der Waals surface area contributed by atoms with E-state index in [1.807, 2.05) is 6.92 Å². The molecule has 2 atom stereocenters. The second-order valence-electron chi connectivity index (χ2n) is 3.41. The van der Waals surface area contributed by atoms with Gasteiger partial charge in [0.25, 0.3) is 0 Å². The Morgan fingerprint density at radius 1 is 1.36 bits per heavy atom. The lowest BCUT2D eigenvalue weighted by Gasteiger charge is -2.14. The summed E-state index contributed by atoms with van der Waals surface area (Å²) in [6, 6.07) is 0.130. The van der Waals surface area contributed by atoms with Crippen LogP contribution >= 0.6 is 0 Å². The largest absolute Gasteiger partial charge is 0.353 e. The van der Waals surface area contributed by atoms with Crippen LogP contribution in [-0.4, -0.2) is 45.5 Å². The number of hydrogen-bond donors (Lipinski definition) is 2. The molecule has 2 N–H and O–H groups in total. The number of hydrogen-bond acceptors (Lipinski definition) is 4. The number of likely N-dealkylation sites (N-methyl/N-ethyl adjacent to an activating group) is 1. The van der Waals surface area contributed by atoms with Gasteiger partial charge in [-0.3, -0.25) is 4.79 Å². The summed E-state index contributed by atoms with van der Waals surface area (Å²) in [7, 11) is -1.51. The monoisotopic (exact) mass is 222 g/mol. The quantitative estimate of drug-likeness (QED) is 0.635. The van der Waals surface area contributed by atoms with E-state index in [0.717, 1.165) is 6.26 Å². The molecule has 0 spiro atoms. The van der Waals surface area contributed by atoms with E-state index < -0.39 is 21.0 Å². The van der Waals surface area contributed by atoms with Gasteiger partial charge in [0, 0.05) is 18.8 Å². The summed E-state index contributed by atoms with van der Waals surface area (Å²) in [6.45, 7) is 3.70. The molecule has 0 aliphatic heterocycles. The predicted octanol–water partition coefficient (Wildman–Crippen LogP) is -0.856. The molecule has 0 aliphatic carbocycles. The summed E-state index contributed by atoms with van der Waals surface area (Å²) in [5, 5.41) is 4.51. The van der Waals surface area contributed by atoms with Gasteiger partial charge in [0.05, 0.1) is 0 Å². The molecule has 0 saturated carbocycles. The molecule has 6 heteroatoms. The third-order valence-electron chi connectivity index (χ3n) is 2.09. The minimum atomic E-state index is -3.29. The molecular weight excluding hydrogens is 204 g/mol. The first-order valence-electron chi connectivity index (χ1n) is 4.43. The highest BCUT2D eigenvalue weighted by molar-refractivity contribution is 7.92. The van der Waals surface area contributed by atoms with E-state index in [1.165, 1.54) is 6.92 Å². The van der Waals surface area contributed by atoms with Crippen molar-refractivity contribution in [1.82, 2.24) is 10.6 Å². The van der Waals surface area contributed by atoms with Crippen molar-refractivity contribution in [3.05, 3.63) is 0 Å². The third-order valence-corrected chi connectivity index (χ3v) is 3.59. The first kappa shape index (κ1) is 13.4. The molecule has 2 unspecified atom stereocenters. The van der Waals surface area contributed by atoms with Crippen molar-refractivity contribution in [3.63, 3.8) is 0 Å². The normalized spacial score (nSPS) is 16.0. The van der Waals surface area contributed by atoms with Crippen LogP contribution in [0.25, 0.3) is 0 Å². The van der Waals surface area contributed by atoms with E-state index >= 15 is 0 Å². The molecule has 0 saturated heterocycles. The van der Waals surface area contributed by atoms with Crippen molar-refractivity contribution < 1.29 is 13.2 Å². The Kier molecular flexibility index (Phi) is 5.07. The van der Waals surface area contributed by atoms with Gasteiger partial charge >= 0.3 is 0 Å². The molecule has 0 fully saturated rings. The molecule has 0 aromatic heterocycles. The fourth-order valence-corrected chi connectivity index (χ4v) is 1.17. The van der Waals surface area contributed by atoms with E-state index in [2.05, 4.69) is 10.6 Å². The van der Waals surface area contributed by atoms with Gasteiger partial charge in [0.15, 0.2) is 9.84 Å². The summed E-state index contributed by atoms with van der Waals surface area (Å²) in [4.78, 5) is 11.3. The Hall–Kier alpha value is -0.620. The number of nitrogens with one attached hydrogen (secondary N) is 2. The number of sulfone groups is 1. The summed E-state index contributed by atoms with van der Waals surface area (Å²) in [5.74, 6) is -0.449. The summed E-state index contributed by atoms with van der Waals surface area (Å²) in [5.41, 5.74) is 0. The molecule has 0 aromatic carbocycles. The first-order chi connectivity index (χ1) is 6.29. The lowest BCUT2D eigenvalue weighted by molar-refractivity contribution is -0.120. The number of carbonyl (C=O) groups is 1. The lowest BCUT2D eigenvalue weighted by atomic mass is 10.3. The summed E-state index contributed by atoms with van der Waals surface area (Å²) < 4.78 is 22.0. The third kappa shape index (κ3) is 4.57. The molecule has 0 heterocycles. The van der Waals surface area contributed by atoms with Gasteiger partial charge in [-0.25, -0.2) is 8.42 Å². The Labute approximate surface area is 85.2 Å². The molecule has 1 amide bonds. The minimum Gasteiger partial charge on any atom is -0.353 e. The Balaban J connectivity index is 4.11. The van der Waals surface area contributed by atoms with Gasteiger partial charge < -0.3 is 10.6 Å². The highest BCUT2D eigenvalue weighted by atomic mass is 32.2. The van der Waals surface area contributed by atoms with Crippen LogP contribution in [0.2, 0.25) is 0 Å². The first-order valence-corrected chi connectivity index (χ1v) is 6.38. The van der Waals surface area contributed by atoms with Crippen LogP contribution in [-0.2, 0) is 14.6 Å². The second-order valence-corrected chi connectivity index (χ2v) is 5.77. The maximum absolute atomic E-state index is 11.3. The standard InChI is InChI=1S/C8H18N2O3S/c1-6(9-3)5-10-8(11)7(2)14(4,12)13/h6-7,9H,5H2,1-4H3,(H,10,11). The van der Waals surface area contributed by atoms with Gasteiger partial charge in [-0.15, -0.1) is 0 Å². The number of rotatable bonds is 5. The lowest BCUT2D eigenvalue weighted by Crippen LogP contribution is -2.43. The second kappa shape index (κ2) is 5.31. The van der Waals surface area contributed by atoms with E-state index in [0.29, 0.717) is 6.54 Å². The van der Waals surface area contributed by atoms with Crippen molar-refractivity contribution in [2.75, 3.05) is 19.8 Å². The van der Waals surface area contributed by atoms with Crippen LogP contribution in [0.1, 0.15) is 13.8 Å². The molecule has 0 bridgehead atoms. The minimum absolute atomic E-state index is 0.130. The van der Waals surface area contributed by atoms with E-state index in [4.69, 9.17) is 0 Å². The zero-order valence-electron chi connectivity index (χ0n) is 8.99. The smallest absolute Gasteiger partial charge is 0.238 e. The molecule has 0 rings (SSSR count). The predicted molar refractivity (Wildman–Crippen MR) is 55.8 cm³/mol. The van der Waals surface area contributed by atoms with E-state index in [1.54, 1.807) is 7.05 Å². The van der Waals surface area contributed by atoms with Crippen LogP contribution in [0.4, 0.5) is 0 Å². The molecule has 0 radical (unpaired) electrons. The molecule has 0 aliphatic rings. The van der Waals surface area contributed by atoms with Crippen LogP contribution in [0.15, 0.2) is 0 Å². The molecule has 14 heavy (non-hydrogen) atoms. The van der Waals surface area contributed by atoms with Crippen molar-refractivity contribution >= 4 is 15.7 Å².